The lowest BCUT2D eigenvalue weighted by Crippen LogP contribution is -2.36. The Balaban J connectivity index is 2.05. The molecule has 3 N–H and O–H groups in total. The first-order valence-electron chi connectivity index (χ1n) is 6.17. The van der Waals surface area contributed by atoms with Gasteiger partial charge in [-0.15, -0.1) is 0 Å². The summed E-state index contributed by atoms with van der Waals surface area (Å²) in [7, 11) is 0. The number of rotatable bonds is 4. The second kappa shape index (κ2) is 6.51. The van der Waals surface area contributed by atoms with Crippen molar-refractivity contribution in [3.8, 4) is 0 Å². The Hall–Kier alpha value is -2.89. The van der Waals surface area contributed by atoms with E-state index in [4.69, 9.17) is 0 Å². The summed E-state index contributed by atoms with van der Waals surface area (Å²) in [6, 6.07) is 11.7. The van der Waals surface area contributed by atoms with E-state index in [1.165, 1.54) is 24.3 Å². The van der Waals surface area contributed by atoms with Gasteiger partial charge >= 0.3 is 12.0 Å². The Labute approximate surface area is 120 Å². The molecule has 0 aliphatic heterocycles. The van der Waals surface area contributed by atoms with Gasteiger partial charge < -0.3 is 15.7 Å². The van der Waals surface area contributed by atoms with Gasteiger partial charge in [0.2, 0.25) is 0 Å². The highest BCUT2D eigenvalue weighted by atomic mass is 19.1. The number of halogens is 1. The summed E-state index contributed by atoms with van der Waals surface area (Å²) in [4.78, 5) is 23.0. The van der Waals surface area contributed by atoms with Crippen LogP contribution in [0.3, 0.4) is 0 Å². The van der Waals surface area contributed by atoms with Gasteiger partial charge in [-0.2, -0.15) is 0 Å². The van der Waals surface area contributed by atoms with E-state index >= 15 is 0 Å². The summed E-state index contributed by atoms with van der Waals surface area (Å²) in [5.74, 6) is -1.59. The van der Waals surface area contributed by atoms with Crippen molar-refractivity contribution in [3.05, 3.63) is 66.0 Å². The molecule has 2 aromatic carbocycles. The molecule has 21 heavy (non-hydrogen) atoms. The fourth-order valence-electron chi connectivity index (χ4n) is 1.76. The molecule has 0 radical (unpaired) electrons. The molecule has 0 bridgehead atoms. The van der Waals surface area contributed by atoms with E-state index in [0.717, 1.165) is 0 Å². The highest BCUT2D eigenvalue weighted by Gasteiger charge is 2.21. The molecule has 6 heteroatoms. The third-order valence-corrected chi connectivity index (χ3v) is 2.76. The average molecular weight is 288 g/mol. The number of carbonyl (C=O) groups is 2. The number of benzene rings is 2. The maximum absolute atomic E-state index is 12.8. The molecule has 108 valence electrons. The van der Waals surface area contributed by atoms with Crippen LogP contribution < -0.4 is 10.6 Å². The van der Waals surface area contributed by atoms with Crippen molar-refractivity contribution in [3.63, 3.8) is 0 Å². The van der Waals surface area contributed by atoms with Crippen LogP contribution in [-0.4, -0.2) is 17.1 Å². The molecule has 2 aromatic rings. The van der Waals surface area contributed by atoms with E-state index < -0.39 is 23.9 Å². The van der Waals surface area contributed by atoms with Crippen molar-refractivity contribution >= 4 is 17.7 Å². The van der Waals surface area contributed by atoms with Crippen molar-refractivity contribution in [2.45, 2.75) is 6.04 Å². The van der Waals surface area contributed by atoms with Crippen LogP contribution >= 0.6 is 0 Å². The van der Waals surface area contributed by atoms with Crippen LogP contribution in [0, 0.1) is 5.82 Å². The molecule has 0 unspecified atom stereocenters. The molecule has 0 aromatic heterocycles. The number of amides is 2. The highest BCUT2D eigenvalue weighted by molar-refractivity contribution is 5.92. The molecule has 0 saturated heterocycles. The standard InChI is InChI=1S/C15H13FN2O3/c16-11-6-8-12(9-7-11)17-15(21)18-13(14(19)20)10-4-2-1-3-5-10/h1-9,13H,(H,19,20)(H2,17,18,21)/t13-/m1/s1. The molecule has 0 fully saturated rings. The van der Waals surface area contributed by atoms with Gasteiger partial charge in [0.1, 0.15) is 5.82 Å². The number of carboxylic acid groups (broad SMARTS) is 1. The number of urea groups is 1. The van der Waals surface area contributed by atoms with E-state index in [0.29, 0.717) is 11.3 Å². The van der Waals surface area contributed by atoms with E-state index in [2.05, 4.69) is 10.6 Å². The minimum atomic E-state index is -1.17. The number of hydrogen-bond donors (Lipinski definition) is 3. The summed E-state index contributed by atoms with van der Waals surface area (Å²) in [6.07, 6.45) is 0. The Bertz CT molecular complexity index is 629. The van der Waals surface area contributed by atoms with Gasteiger partial charge in [-0.3, -0.25) is 0 Å². The molecule has 1 atom stereocenters. The second-order valence-corrected chi connectivity index (χ2v) is 4.29. The van der Waals surface area contributed by atoms with E-state index in [1.807, 2.05) is 0 Å². The molecular formula is C15H13FN2O3. The second-order valence-electron chi connectivity index (χ2n) is 4.29. The summed E-state index contributed by atoms with van der Waals surface area (Å²) in [6.45, 7) is 0. The van der Waals surface area contributed by atoms with Gasteiger partial charge in [0.05, 0.1) is 0 Å². The summed E-state index contributed by atoms with van der Waals surface area (Å²) in [5, 5.41) is 14.0. The largest absolute Gasteiger partial charge is 0.479 e. The topological polar surface area (TPSA) is 78.4 Å². The molecule has 0 spiro atoms. The molecule has 5 nitrogen and oxygen atoms in total. The predicted octanol–water partition coefficient (Wildman–Crippen LogP) is 2.77. The van der Waals surface area contributed by atoms with Gasteiger partial charge in [0, 0.05) is 5.69 Å². The van der Waals surface area contributed by atoms with Crippen molar-refractivity contribution in [2.24, 2.45) is 0 Å². The Morgan fingerprint density at radius 1 is 1.00 bits per heavy atom. The van der Waals surface area contributed by atoms with Crippen molar-refractivity contribution < 1.29 is 19.1 Å². The molecule has 0 aliphatic carbocycles. The van der Waals surface area contributed by atoms with E-state index in [9.17, 15) is 19.1 Å². The van der Waals surface area contributed by atoms with Crippen LogP contribution in [0.4, 0.5) is 14.9 Å². The van der Waals surface area contributed by atoms with E-state index in [1.54, 1.807) is 30.3 Å². The lowest BCUT2D eigenvalue weighted by atomic mass is 10.1. The molecule has 0 heterocycles. The smallest absolute Gasteiger partial charge is 0.330 e. The van der Waals surface area contributed by atoms with Gasteiger partial charge in [-0.25, -0.2) is 14.0 Å². The zero-order valence-corrected chi connectivity index (χ0v) is 10.9. The zero-order chi connectivity index (χ0) is 15.2. The third-order valence-electron chi connectivity index (χ3n) is 2.76. The first kappa shape index (κ1) is 14.5. The van der Waals surface area contributed by atoms with Crippen LogP contribution in [0.5, 0.6) is 0 Å². The normalized spacial score (nSPS) is 11.5. The number of aliphatic carboxylic acids is 1. The quantitative estimate of drug-likeness (QED) is 0.809. The molecule has 2 amide bonds. The summed E-state index contributed by atoms with van der Waals surface area (Å²) >= 11 is 0. The molecule has 0 saturated carbocycles. The molecular weight excluding hydrogens is 275 g/mol. The zero-order valence-electron chi connectivity index (χ0n) is 10.9. The summed E-state index contributed by atoms with van der Waals surface area (Å²) < 4.78 is 12.8. The monoisotopic (exact) mass is 288 g/mol. The van der Waals surface area contributed by atoms with Crippen LogP contribution in [-0.2, 0) is 4.79 Å². The Morgan fingerprint density at radius 3 is 2.19 bits per heavy atom. The number of carboxylic acids is 1. The lowest BCUT2D eigenvalue weighted by Gasteiger charge is -2.15. The average Bonchev–Trinajstić information content (AvgIpc) is 2.48. The number of anilines is 1. The first-order chi connectivity index (χ1) is 10.1. The fraction of sp³-hybridized carbons (Fsp3) is 0.0667. The van der Waals surface area contributed by atoms with Crippen molar-refractivity contribution in [1.29, 1.82) is 0 Å². The minimum absolute atomic E-state index is 0.367. The maximum Gasteiger partial charge on any atom is 0.330 e. The molecule has 2 rings (SSSR count). The minimum Gasteiger partial charge on any atom is -0.479 e. The highest BCUT2D eigenvalue weighted by Crippen LogP contribution is 2.13. The lowest BCUT2D eigenvalue weighted by molar-refractivity contribution is -0.139. The van der Waals surface area contributed by atoms with Crippen molar-refractivity contribution in [2.75, 3.05) is 5.32 Å². The maximum atomic E-state index is 12.8. The van der Waals surface area contributed by atoms with Gasteiger partial charge in [-0.1, -0.05) is 30.3 Å². The van der Waals surface area contributed by atoms with Crippen LogP contribution in [0.15, 0.2) is 54.6 Å². The molecule has 0 aliphatic rings. The number of nitrogens with one attached hydrogen (secondary N) is 2. The number of carbonyl (C=O) groups excluding carboxylic acids is 1. The van der Waals surface area contributed by atoms with E-state index in [-0.39, 0.29) is 0 Å². The predicted molar refractivity (Wildman–Crippen MR) is 75.4 cm³/mol. The van der Waals surface area contributed by atoms with Gasteiger partial charge in [0.15, 0.2) is 6.04 Å². The summed E-state index contributed by atoms with van der Waals surface area (Å²) in [5.41, 5.74) is 0.824. The first-order valence-corrected chi connectivity index (χ1v) is 6.17. The van der Waals surface area contributed by atoms with Crippen molar-refractivity contribution in [1.82, 2.24) is 5.32 Å². The Kier molecular flexibility index (Phi) is 4.50. The SMILES string of the molecule is O=C(Nc1ccc(F)cc1)N[C@@H](C(=O)O)c1ccccc1. The third kappa shape index (κ3) is 4.04. The van der Waals surface area contributed by atoms with Crippen LogP contribution in [0.1, 0.15) is 11.6 Å². The fourth-order valence-corrected chi connectivity index (χ4v) is 1.76. The van der Waals surface area contributed by atoms with Gasteiger partial charge in [-0.05, 0) is 29.8 Å². The number of hydrogen-bond acceptors (Lipinski definition) is 2. The van der Waals surface area contributed by atoms with Crippen LogP contribution in [0.25, 0.3) is 0 Å². The van der Waals surface area contributed by atoms with Crippen LogP contribution in [0.2, 0.25) is 0 Å². The van der Waals surface area contributed by atoms with Gasteiger partial charge in [0.25, 0.3) is 0 Å². The Morgan fingerprint density at radius 2 is 1.62 bits per heavy atom.